The third-order valence-corrected chi connectivity index (χ3v) is 9.34. The van der Waals surface area contributed by atoms with Crippen LogP contribution in [0.4, 0.5) is 5.69 Å². The Morgan fingerprint density at radius 1 is 0.909 bits per heavy atom. The molecule has 0 saturated heterocycles. The number of nitrogens with one attached hydrogen (secondary N) is 1. The Morgan fingerprint density at radius 2 is 1.57 bits per heavy atom. The summed E-state index contributed by atoms with van der Waals surface area (Å²) in [5.41, 5.74) is 2.96. The topological polar surface area (TPSA) is 96.0 Å². The summed E-state index contributed by atoms with van der Waals surface area (Å²) in [6.07, 6.45) is 6.47. The molecule has 1 aliphatic rings. The van der Waals surface area contributed by atoms with Crippen LogP contribution in [0.5, 0.6) is 5.75 Å². The number of nitrogens with zero attached hydrogens (tertiary/aromatic N) is 2. The van der Waals surface area contributed by atoms with Gasteiger partial charge in [0.05, 0.1) is 19.1 Å². The first-order chi connectivity index (χ1) is 21.1. The molecule has 1 N–H and O–H groups in total. The largest absolute Gasteiger partial charge is 0.497 e. The molecule has 1 aliphatic carbocycles. The van der Waals surface area contributed by atoms with Crippen LogP contribution in [0.25, 0.3) is 0 Å². The van der Waals surface area contributed by atoms with Crippen molar-refractivity contribution in [3.05, 3.63) is 95.6 Å². The predicted octanol–water partition coefficient (Wildman–Crippen LogP) is 5.67. The lowest BCUT2D eigenvalue weighted by molar-refractivity contribution is -0.140. The van der Waals surface area contributed by atoms with Crippen LogP contribution in [0.2, 0.25) is 0 Å². The first kappa shape index (κ1) is 33.1. The molecule has 3 aromatic rings. The normalized spacial score (nSPS) is 14.6. The zero-order chi connectivity index (χ0) is 31.7. The van der Waals surface area contributed by atoms with Gasteiger partial charge in [-0.05, 0) is 53.6 Å². The van der Waals surface area contributed by atoms with E-state index in [0.29, 0.717) is 11.4 Å². The van der Waals surface area contributed by atoms with Crippen LogP contribution in [0, 0.1) is 0 Å². The van der Waals surface area contributed by atoms with Gasteiger partial charge in [-0.1, -0.05) is 93.8 Å². The van der Waals surface area contributed by atoms with Gasteiger partial charge < -0.3 is 15.0 Å². The second kappa shape index (κ2) is 15.2. The van der Waals surface area contributed by atoms with Crippen LogP contribution in [0.1, 0.15) is 68.6 Å². The van der Waals surface area contributed by atoms with Crippen LogP contribution in [0.15, 0.2) is 78.9 Å². The van der Waals surface area contributed by atoms with E-state index in [1.165, 1.54) is 9.21 Å². The second-order valence-electron chi connectivity index (χ2n) is 11.9. The lowest BCUT2D eigenvalue weighted by Crippen LogP contribution is -2.55. The van der Waals surface area contributed by atoms with Crippen molar-refractivity contribution in [3.63, 3.8) is 0 Å². The Balaban J connectivity index is 1.76. The monoisotopic (exact) mass is 619 g/mol. The maximum Gasteiger partial charge on any atom is 0.244 e. The molecule has 3 aromatic carbocycles. The van der Waals surface area contributed by atoms with Crippen molar-refractivity contribution in [2.45, 2.75) is 76.9 Å². The quantitative estimate of drug-likeness (QED) is 0.266. The van der Waals surface area contributed by atoms with Gasteiger partial charge in [-0.25, -0.2) is 8.42 Å². The Labute approximate surface area is 262 Å². The van der Waals surface area contributed by atoms with Crippen molar-refractivity contribution in [1.29, 1.82) is 0 Å². The highest BCUT2D eigenvalue weighted by Gasteiger charge is 2.34. The van der Waals surface area contributed by atoms with Crippen LogP contribution >= 0.6 is 0 Å². The van der Waals surface area contributed by atoms with Gasteiger partial charge in [0.25, 0.3) is 0 Å². The summed E-state index contributed by atoms with van der Waals surface area (Å²) < 4.78 is 33.0. The predicted molar refractivity (Wildman–Crippen MR) is 175 cm³/mol. The summed E-state index contributed by atoms with van der Waals surface area (Å²) in [4.78, 5) is 30.1. The third kappa shape index (κ3) is 8.85. The highest BCUT2D eigenvalue weighted by molar-refractivity contribution is 7.92. The molecule has 9 heteroatoms. The summed E-state index contributed by atoms with van der Waals surface area (Å²) >= 11 is 0. The fraction of sp³-hybridized carbons (Fsp3) is 0.429. The van der Waals surface area contributed by atoms with Gasteiger partial charge in [0, 0.05) is 19.0 Å². The highest BCUT2D eigenvalue weighted by atomic mass is 32.2. The van der Waals surface area contributed by atoms with Gasteiger partial charge in [0.2, 0.25) is 21.8 Å². The summed E-state index contributed by atoms with van der Waals surface area (Å²) in [6.45, 7) is 3.65. The molecule has 44 heavy (non-hydrogen) atoms. The lowest BCUT2D eigenvalue weighted by atomic mass is 9.94. The van der Waals surface area contributed by atoms with Gasteiger partial charge in [-0.2, -0.15) is 0 Å². The fourth-order valence-corrected chi connectivity index (χ4v) is 6.73. The molecule has 236 valence electrons. The average molecular weight is 620 g/mol. The molecule has 2 amide bonds. The molecule has 0 aromatic heterocycles. The van der Waals surface area contributed by atoms with E-state index in [1.807, 2.05) is 80.6 Å². The van der Waals surface area contributed by atoms with E-state index in [0.717, 1.165) is 55.1 Å². The number of carbonyl (C=O) groups is 2. The number of hydrogen-bond donors (Lipinski definition) is 1. The Kier molecular flexibility index (Phi) is 11.4. The number of sulfonamides is 1. The second-order valence-corrected chi connectivity index (χ2v) is 13.8. The lowest BCUT2D eigenvalue weighted by Gasteiger charge is -2.35. The maximum absolute atomic E-state index is 14.5. The molecular formula is C35H45N3O5S. The van der Waals surface area contributed by atoms with Crippen molar-refractivity contribution >= 4 is 27.5 Å². The third-order valence-electron chi connectivity index (χ3n) is 8.22. The number of amides is 2. The van der Waals surface area contributed by atoms with Gasteiger partial charge >= 0.3 is 0 Å². The van der Waals surface area contributed by atoms with Crippen molar-refractivity contribution < 1.29 is 22.7 Å². The van der Waals surface area contributed by atoms with E-state index < -0.39 is 28.5 Å². The Morgan fingerprint density at radius 3 is 2.23 bits per heavy atom. The molecule has 1 fully saturated rings. The van der Waals surface area contributed by atoms with E-state index in [1.54, 1.807) is 19.2 Å². The fourth-order valence-electron chi connectivity index (χ4n) is 5.86. The van der Waals surface area contributed by atoms with E-state index in [2.05, 4.69) is 5.32 Å². The van der Waals surface area contributed by atoms with Crippen molar-refractivity contribution in [1.82, 2.24) is 10.2 Å². The van der Waals surface area contributed by atoms with Crippen LogP contribution in [-0.4, -0.2) is 57.1 Å². The van der Waals surface area contributed by atoms with Gasteiger partial charge in [0.15, 0.2) is 0 Å². The number of para-hydroxylation sites is 1. The molecular weight excluding hydrogens is 574 g/mol. The molecule has 0 unspecified atom stereocenters. The summed E-state index contributed by atoms with van der Waals surface area (Å²) in [5, 5.41) is 3.23. The molecule has 0 aliphatic heterocycles. The van der Waals surface area contributed by atoms with Gasteiger partial charge in [0.1, 0.15) is 18.3 Å². The first-order valence-corrected chi connectivity index (χ1v) is 17.2. The van der Waals surface area contributed by atoms with Crippen molar-refractivity contribution in [2.24, 2.45) is 0 Å². The summed E-state index contributed by atoms with van der Waals surface area (Å²) in [6, 6.07) is 23.4. The average Bonchev–Trinajstić information content (AvgIpc) is 3.02. The zero-order valence-corrected chi connectivity index (χ0v) is 27.1. The van der Waals surface area contributed by atoms with Crippen molar-refractivity contribution in [2.75, 3.05) is 24.2 Å². The number of carbonyl (C=O) groups excluding carboxylic acids is 2. The molecule has 0 spiro atoms. The maximum atomic E-state index is 14.5. The highest BCUT2D eigenvalue weighted by Crippen LogP contribution is 2.30. The van der Waals surface area contributed by atoms with Crippen LogP contribution in [0.3, 0.4) is 0 Å². The number of hydrogen-bond acceptors (Lipinski definition) is 5. The smallest absolute Gasteiger partial charge is 0.244 e. The summed E-state index contributed by atoms with van der Waals surface area (Å²) in [7, 11) is -2.27. The van der Waals surface area contributed by atoms with Crippen molar-refractivity contribution in [3.8, 4) is 5.75 Å². The van der Waals surface area contributed by atoms with Crippen LogP contribution in [-0.2, 0) is 32.6 Å². The molecule has 0 radical (unpaired) electrons. The summed E-state index contributed by atoms with van der Waals surface area (Å²) in [5.74, 6) is -0.0302. The number of ether oxygens (including phenoxy) is 1. The minimum atomic E-state index is -3.85. The number of benzene rings is 3. The number of rotatable bonds is 13. The number of methoxy groups -OCH3 is 1. The Hall–Kier alpha value is -3.85. The molecule has 0 bridgehead atoms. The van der Waals surface area contributed by atoms with Crippen LogP contribution < -0.4 is 14.4 Å². The van der Waals surface area contributed by atoms with E-state index in [9.17, 15) is 18.0 Å². The molecule has 1 atom stereocenters. The van der Waals surface area contributed by atoms with E-state index in [-0.39, 0.29) is 30.8 Å². The molecule has 8 nitrogen and oxygen atoms in total. The molecule has 0 heterocycles. The minimum Gasteiger partial charge on any atom is -0.497 e. The zero-order valence-electron chi connectivity index (χ0n) is 26.2. The molecule has 1 saturated carbocycles. The standard InChI is InChI=1S/C35H45N3O5S/c1-26(2)31-20-11-12-21-32(31)38(44(4,41)42)25-34(39)37(24-28-16-13-19-30(22-28)43-3)33(23-27-14-7-5-8-15-27)35(40)36-29-17-9-6-10-18-29/h5,7-8,11-16,19-22,26,29,33H,6,9-10,17-18,23-25H2,1-4H3,(H,36,40)/t33-/m0/s1. The SMILES string of the molecule is COc1cccc(CN(C(=O)CN(c2ccccc2C(C)C)S(C)(=O)=O)[C@@H](Cc2ccccc2)C(=O)NC2CCCCC2)c1. The first-order valence-electron chi connectivity index (χ1n) is 15.4. The van der Waals surface area contributed by atoms with E-state index >= 15 is 0 Å². The minimum absolute atomic E-state index is 0.0329. The number of anilines is 1. The van der Waals surface area contributed by atoms with Gasteiger partial charge in [-0.15, -0.1) is 0 Å². The Bertz CT molecular complexity index is 1500. The molecule has 4 rings (SSSR count). The van der Waals surface area contributed by atoms with E-state index in [4.69, 9.17) is 4.74 Å². The van der Waals surface area contributed by atoms with Gasteiger partial charge in [-0.3, -0.25) is 13.9 Å².